The zero-order chi connectivity index (χ0) is 10.2. The second-order valence-electron chi connectivity index (χ2n) is 3.31. The third-order valence-corrected chi connectivity index (χ3v) is 1.88. The van der Waals surface area contributed by atoms with E-state index in [0.717, 1.165) is 0 Å². The van der Waals surface area contributed by atoms with Crippen LogP contribution in [0.2, 0.25) is 0 Å². The Morgan fingerprint density at radius 3 is 0.929 bits per heavy atom. The summed E-state index contributed by atoms with van der Waals surface area (Å²) in [4.78, 5) is 0. The second-order valence-corrected chi connectivity index (χ2v) is 3.31. The Balaban J connectivity index is 0.000000140. The summed E-state index contributed by atoms with van der Waals surface area (Å²) in [6, 6.07) is 20.5. The van der Waals surface area contributed by atoms with Crippen LogP contribution in [0.5, 0.6) is 0 Å². The van der Waals surface area contributed by atoms with Crippen LogP contribution in [0.25, 0.3) is 0 Å². The first kappa shape index (κ1) is 10.5. The fraction of sp³-hybridized carbons (Fsp3) is 0.143. The molecule has 0 saturated carbocycles. The van der Waals surface area contributed by atoms with E-state index in [1.165, 1.54) is 11.1 Å². The Morgan fingerprint density at radius 1 is 0.500 bits per heavy atom. The van der Waals surface area contributed by atoms with Gasteiger partial charge in [0.2, 0.25) is 0 Å². The van der Waals surface area contributed by atoms with Crippen LogP contribution in [0.4, 0.5) is 0 Å². The van der Waals surface area contributed by atoms with E-state index in [-0.39, 0.29) is 0 Å². The van der Waals surface area contributed by atoms with E-state index < -0.39 is 0 Å². The van der Waals surface area contributed by atoms with Crippen LogP contribution in [-0.4, -0.2) is 0 Å². The first-order chi connectivity index (χ1) is 6.79. The molecule has 0 radical (unpaired) electrons. The van der Waals surface area contributed by atoms with E-state index in [4.69, 9.17) is 0 Å². The van der Waals surface area contributed by atoms with Gasteiger partial charge in [-0.2, -0.15) is 0 Å². The molecule has 0 aliphatic carbocycles. The molecular formula is C14H16. The molecule has 0 unspecified atom stereocenters. The topological polar surface area (TPSA) is 0 Å². The van der Waals surface area contributed by atoms with Crippen molar-refractivity contribution in [2.45, 2.75) is 13.8 Å². The van der Waals surface area contributed by atoms with E-state index in [2.05, 4.69) is 38.1 Å². The summed E-state index contributed by atoms with van der Waals surface area (Å²) in [7, 11) is 0. The molecule has 0 spiro atoms. The van der Waals surface area contributed by atoms with E-state index in [9.17, 15) is 0 Å². The Labute approximate surface area is 86.2 Å². The molecule has 2 rings (SSSR count). The van der Waals surface area contributed by atoms with Crippen molar-refractivity contribution in [1.82, 2.24) is 0 Å². The van der Waals surface area contributed by atoms with E-state index in [1.54, 1.807) is 0 Å². The summed E-state index contributed by atoms with van der Waals surface area (Å²) in [5.74, 6) is 0. The highest BCUT2D eigenvalue weighted by Gasteiger charge is 1.72. The molecule has 0 N–H and O–H groups in total. The molecular weight excluding hydrogens is 168 g/mol. The molecule has 0 heterocycles. The summed E-state index contributed by atoms with van der Waals surface area (Å²) < 4.78 is 0. The average molecular weight is 184 g/mol. The van der Waals surface area contributed by atoms with Gasteiger partial charge in [0.15, 0.2) is 0 Å². The Hall–Kier alpha value is -1.56. The highest BCUT2D eigenvalue weighted by atomic mass is 13.8. The molecule has 0 bridgehead atoms. The molecule has 2 aromatic carbocycles. The molecule has 0 aromatic heterocycles. The van der Waals surface area contributed by atoms with Crippen molar-refractivity contribution >= 4 is 0 Å². The normalized spacial score (nSPS) is 8.71. The highest BCUT2D eigenvalue weighted by molar-refractivity contribution is 5.12. The molecule has 0 fully saturated rings. The zero-order valence-corrected chi connectivity index (χ0v) is 8.77. The fourth-order valence-electron chi connectivity index (χ4n) is 1.07. The van der Waals surface area contributed by atoms with Gasteiger partial charge in [-0.15, -0.1) is 0 Å². The molecule has 72 valence electrons. The number of rotatable bonds is 0. The van der Waals surface area contributed by atoms with Crippen molar-refractivity contribution in [2.75, 3.05) is 0 Å². The number of hydrogen-bond acceptors (Lipinski definition) is 0. The highest BCUT2D eigenvalue weighted by Crippen LogP contribution is 1.92. The SMILES string of the molecule is Cc1ccccc1.Cc1ccccc1. The van der Waals surface area contributed by atoms with Gasteiger partial charge in [0.05, 0.1) is 0 Å². The molecule has 0 amide bonds. The standard InChI is InChI=1S/2C7H8/c2*1-7-5-3-2-4-6-7/h2*2-6H,1H3. The van der Waals surface area contributed by atoms with Crippen LogP contribution < -0.4 is 0 Å². The monoisotopic (exact) mass is 184 g/mol. The fourth-order valence-corrected chi connectivity index (χ4v) is 1.07. The van der Waals surface area contributed by atoms with Crippen LogP contribution in [-0.2, 0) is 0 Å². The maximum absolute atomic E-state index is 2.08. The minimum Gasteiger partial charge on any atom is -0.0622 e. The smallest absolute Gasteiger partial charge is 0.0398 e. The number of benzene rings is 2. The summed E-state index contributed by atoms with van der Waals surface area (Å²) in [6.45, 7) is 4.17. The molecule has 14 heavy (non-hydrogen) atoms. The number of aryl methyl sites for hydroxylation is 2. The molecule has 0 aliphatic heterocycles. The summed E-state index contributed by atoms with van der Waals surface area (Å²) in [6.07, 6.45) is 0. The van der Waals surface area contributed by atoms with Crippen LogP contribution in [0.1, 0.15) is 11.1 Å². The third-order valence-electron chi connectivity index (χ3n) is 1.88. The van der Waals surface area contributed by atoms with Gasteiger partial charge in [0.25, 0.3) is 0 Å². The maximum atomic E-state index is 2.08. The molecule has 0 atom stereocenters. The summed E-state index contributed by atoms with van der Waals surface area (Å²) in [5.41, 5.74) is 2.64. The van der Waals surface area contributed by atoms with E-state index >= 15 is 0 Å². The van der Waals surface area contributed by atoms with E-state index in [0.29, 0.717) is 0 Å². The van der Waals surface area contributed by atoms with Gasteiger partial charge in [-0.3, -0.25) is 0 Å². The predicted molar refractivity (Wildman–Crippen MR) is 62.4 cm³/mol. The second kappa shape index (κ2) is 5.98. The van der Waals surface area contributed by atoms with Crippen LogP contribution in [0.15, 0.2) is 60.7 Å². The first-order valence-corrected chi connectivity index (χ1v) is 4.82. The lowest BCUT2D eigenvalue weighted by Gasteiger charge is -1.82. The van der Waals surface area contributed by atoms with Gasteiger partial charge in [0.1, 0.15) is 0 Å². The first-order valence-electron chi connectivity index (χ1n) is 4.82. The van der Waals surface area contributed by atoms with Crippen molar-refractivity contribution in [3.8, 4) is 0 Å². The summed E-state index contributed by atoms with van der Waals surface area (Å²) >= 11 is 0. The lowest BCUT2D eigenvalue weighted by Crippen LogP contribution is -1.62. The van der Waals surface area contributed by atoms with Crippen molar-refractivity contribution in [3.05, 3.63) is 71.8 Å². The summed E-state index contributed by atoms with van der Waals surface area (Å²) in [5, 5.41) is 0. The zero-order valence-electron chi connectivity index (χ0n) is 8.77. The van der Waals surface area contributed by atoms with Gasteiger partial charge in [0, 0.05) is 0 Å². The molecule has 0 saturated heterocycles. The van der Waals surface area contributed by atoms with Gasteiger partial charge in [-0.05, 0) is 13.8 Å². The van der Waals surface area contributed by atoms with Crippen LogP contribution in [0, 0.1) is 13.8 Å². The van der Waals surface area contributed by atoms with Gasteiger partial charge >= 0.3 is 0 Å². The third kappa shape index (κ3) is 4.46. The van der Waals surface area contributed by atoms with Gasteiger partial charge in [-0.1, -0.05) is 71.8 Å². The number of hydrogen-bond donors (Lipinski definition) is 0. The Kier molecular flexibility index (Phi) is 4.49. The van der Waals surface area contributed by atoms with Gasteiger partial charge in [-0.25, -0.2) is 0 Å². The van der Waals surface area contributed by atoms with Crippen molar-refractivity contribution in [1.29, 1.82) is 0 Å². The minimum absolute atomic E-state index is 1.32. The molecule has 0 nitrogen and oxygen atoms in total. The van der Waals surface area contributed by atoms with Gasteiger partial charge < -0.3 is 0 Å². The Morgan fingerprint density at radius 2 is 0.786 bits per heavy atom. The van der Waals surface area contributed by atoms with Crippen molar-refractivity contribution in [3.63, 3.8) is 0 Å². The van der Waals surface area contributed by atoms with Crippen molar-refractivity contribution < 1.29 is 0 Å². The average Bonchev–Trinajstić information content (AvgIpc) is 2.21. The quantitative estimate of drug-likeness (QED) is 0.580. The van der Waals surface area contributed by atoms with Crippen LogP contribution in [0.3, 0.4) is 0 Å². The molecule has 2 aromatic rings. The maximum Gasteiger partial charge on any atom is -0.0398 e. The molecule has 0 aliphatic rings. The lowest BCUT2D eigenvalue weighted by atomic mass is 10.2. The van der Waals surface area contributed by atoms with Crippen molar-refractivity contribution in [2.24, 2.45) is 0 Å². The van der Waals surface area contributed by atoms with Crippen LogP contribution >= 0.6 is 0 Å². The minimum atomic E-state index is 1.32. The molecule has 0 heteroatoms. The predicted octanol–water partition coefficient (Wildman–Crippen LogP) is 3.99. The lowest BCUT2D eigenvalue weighted by molar-refractivity contribution is 1.48. The Bertz CT molecular complexity index is 297. The van der Waals surface area contributed by atoms with E-state index in [1.807, 2.05) is 36.4 Å². The largest absolute Gasteiger partial charge is 0.0622 e.